The van der Waals surface area contributed by atoms with Gasteiger partial charge in [0.05, 0.1) is 4.90 Å². The number of benzene rings is 2. The maximum Gasteiger partial charge on any atom is 0.262 e. The largest absolute Gasteiger partial charge is 0.389 e. The van der Waals surface area contributed by atoms with Crippen LogP contribution in [-0.4, -0.2) is 13.4 Å². The van der Waals surface area contributed by atoms with E-state index in [1.807, 2.05) is 19.1 Å². The average molecular weight is 320 g/mol. The molecule has 21 heavy (non-hydrogen) atoms. The molecule has 4 nitrogen and oxygen atoms in total. The lowest BCUT2D eigenvalue weighted by molar-refractivity contribution is 0.601. The van der Waals surface area contributed by atoms with E-state index in [0.717, 1.165) is 12.0 Å². The summed E-state index contributed by atoms with van der Waals surface area (Å²) in [4.78, 5) is 0.134. The van der Waals surface area contributed by atoms with E-state index in [2.05, 4.69) is 4.72 Å². The molecule has 2 aromatic rings. The summed E-state index contributed by atoms with van der Waals surface area (Å²) in [5.74, 6) is 0. The maximum absolute atomic E-state index is 12.5. The van der Waals surface area contributed by atoms with Crippen LogP contribution in [0.2, 0.25) is 0 Å². The molecule has 3 N–H and O–H groups in total. The first-order chi connectivity index (χ1) is 9.94. The molecule has 0 saturated carbocycles. The Morgan fingerprint density at radius 2 is 1.76 bits per heavy atom. The molecule has 0 unspecified atom stereocenters. The molecule has 0 radical (unpaired) electrons. The molecular formula is C15H16N2O2S2. The maximum atomic E-state index is 12.5. The molecule has 0 aliphatic rings. The van der Waals surface area contributed by atoms with Gasteiger partial charge in [0.15, 0.2) is 0 Å². The highest BCUT2D eigenvalue weighted by atomic mass is 32.2. The molecule has 0 fully saturated rings. The summed E-state index contributed by atoms with van der Waals surface area (Å²) in [7, 11) is -3.73. The number of sulfonamides is 1. The predicted molar refractivity (Wildman–Crippen MR) is 89.0 cm³/mol. The van der Waals surface area contributed by atoms with E-state index in [1.165, 1.54) is 6.07 Å². The zero-order valence-electron chi connectivity index (χ0n) is 11.5. The van der Waals surface area contributed by atoms with Crippen molar-refractivity contribution < 1.29 is 8.42 Å². The van der Waals surface area contributed by atoms with Gasteiger partial charge in [0, 0.05) is 11.3 Å². The van der Waals surface area contributed by atoms with Crippen molar-refractivity contribution in [1.82, 2.24) is 0 Å². The van der Waals surface area contributed by atoms with Crippen molar-refractivity contribution in [3.05, 3.63) is 59.7 Å². The van der Waals surface area contributed by atoms with Gasteiger partial charge >= 0.3 is 0 Å². The molecule has 2 aromatic carbocycles. The number of nitrogens with two attached hydrogens (primary N) is 1. The van der Waals surface area contributed by atoms with Crippen LogP contribution in [0.3, 0.4) is 0 Å². The fraction of sp³-hybridized carbons (Fsp3) is 0.133. The first-order valence-electron chi connectivity index (χ1n) is 6.44. The monoisotopic (exact) mass is 320 g/mol. The molecule has 0 amide bonds. The number of aryl methyl sites for hydroxylation is 1. The minimum absolute atomic E-state index is 0.0531. The van der Waals surface area contributed by atoms with E-state index >= 15 is 0 Å². The average Bonchev–Trinajstić information content (AvgIpc) is 2.47. The van der Waals surface area contributed by atoms with Gasteiger partial charge in [-0.2, -0.15) is 0 Å². The van der Waals surface area contributed by atoms with Gasteiger partial charge in [-0.05, 0) is 30.2 Å². The van der Waals surface area contributed by atoms with Crippen LogP contribution in [-0.2, 0) is 16.4 Å². The van der Waals surface area contributed by atoms with Gasteiger partial charge in [0.1, 0.15) is 4.99 Å². The molecule has 0 aromatic heterocycles. The number of rotatable bonds is 5. The Kier molecular flexibility index (Phi) is 4.59. The standard InChI is InChI=1S/C15H16N2O2S2/c1-2-11-7-9-12(10-8-11)17-21(18,19)14-6-4-3-5-13(14)15(16)20/h3-10,17H,2H2,1H3,(H2,16,20). The highest BCUT2D eigenvalue weighted by Gasteiger charge is 2.19. The summed E-state index contributed by atoms with van der Waals surface area (Å²) in [6, 6.07) is 13.7. The first kappa shape index (κ1) is 15.5. The Balaban J connectivity index is 2.36. The van der Waals surface area contributed by atoms with E-state index in [4.69, 9.17) is 18.0 Å². The molecule has 6 heteroatoms. The normalized spacial score (nSPS) is 11.1. The lowest BCUT2D eigenvalue weighted by Crippen LogP contribution is -2.19. The second-order valence-corrected chi connectivity index (χ2v) is 6.61. The second kappa shape index (κ2) is 6.24. The summed E-state index contributed by atoms with van der Waals surface area (Å²) in [6.07, 6.45) is 0.900. The molecule has 0 bridgehead atoms. The first-order valence-corrected chi connectivity index (χ1v) is 8.34. The van der Waals surface area contributed by atoms with Crippen LogP contribution in [0.4, 0.5) is 5.69 Å². The Bertz CT molecular complexity index is 753. The molecule has 2 rings (SSSR count). The molecule has 0 atom stereocenters. The Hall–Kier alpha value is -1.92. The highest BCUT2D eigenvalue weighted by Crippen LogP contribution is 2.20. The lowest BCUT2D eigenvalue weighted by atomic mass is 10.2. The Labute approximate surface area is 130 Å². The van der Waals surface area contributed by atoms with Gasteiger partial charge in [-0.15, -0.1) is 0 Å². The SMILES string of the molecule is CCc1ccc(NS(=O)(=O)c2ccccc2C(N)=S)cc1. The second-order valence-electron chi connectivity index (χ2n) is 4.52. The van der Waals surface area contributed by atoms with Crippen LogP contribution >= 0.6 is 12.2 Å². The van der Waals surface area contributed by atoms with Gasteiger partial charge in [0.2, 0.25) is 0 Å². The number of hydrogen-bond donors (Lipinski definition) is 2. The van der Waals surface area contributed by atoms with E-state index in [0.29, 0.717) is 11.3 Å². The predicted octanol–water partition coefficient (Wildman–Crippen LogP) is 2.68. The molecule has 0 spiro atoms. The third kappa shape index (κ3) is 3.59. The summed E-state index contributed by atoms with van der Waals surface area (Å²) in [6.45, 7) is 2.04. The summed E-state index contributed by atoms with van der Waals surface area (Å²) < 4.78 is 27.4. The summed E-state index contributed by atoms with van der Waals surface area (Å²) in [5, 5.41) is 0. The third-order valence-electron chi connectivity index (χ3n) is 3.06. The van der Waals surface area contributed by atoms with Crippen LogP contribution in [0.1, 0.15) is 18.1 Å². The van der Waals surface area contributed by atoms with Crippen LogP contribution in [0.5, 0.6) is 0 Å². The molecule has 0 heterocycles. The van der Waals surface area contributed by atoms with Crippen molar-refractivity contribution in [2.75, 3.05) is 4.72 Å². The van der Waals surface area contributed by atoms with Crippen LogP contribution < -0.4 is 10.5 Å². The van der Waals surface area contributed by atoms with E-state index in [-0.39, 0.29) is 9.88 Å². The zero-order valence-corrected chi connectivity index (χ0v) is 13.2. The number of anilines is 1. The Morgan fingerprint density at radius 3 is 2.33 bits per heavy atom. The molecule has 0 aliphatic heterocycles. The fourth-order valence-electron chi connectivity index (χ4n) is 1.92. The molecular weight excluding hydrogens is 304 g/mol. The molecule has 110 valence electrons. The van der Waals surface area contributed by atoms with Crippen LogP contribution in [0, 0.1) is 0 Å². The fourth-order valence-corrected chi connectivity index (χ4v) is 3.45. The third-order valence-corrected chi connectivity index (χ3v) is 4.72. The van der Waals surface area contributed by atoms with Crippen LogP contribution in [0.15, 0.2) is 53.4 Å². The highest BCUT2D eigenvalue weighted by molar-refractivity contribution is 7.93. The molecule has 0 aliphatic carbocycles. The lowest BCUT2D eigenvalue weighted by Gasteiger charge is -2.11. The minimum atomic E-state index is -3.73. The summed E-state index contributed by atoms with van der Waals surface area (Å²) in [5.41, 5.74) is 7.56. The number of hydrogen-bond acceptors (Lipinski definition) is 3. The summed E-state index contributed by atoms with van der Waals surface area (Å²) >= 11 is 4.90. The van der Waals surface area contributed by atoms with E-state index in [1.54, 1.807) is 30.3 Å². The zero-order chi connectivity index (χ0) is 15.5. The van der Waals surface area contributed by atoms with Crippen molar-refractivity contribution in [2.24, 2.45) is 5.73 Å². The topological polar surface area (TPSA) is 72.2 Å². The van der Waals surface area contributed by atoms with E-state index < -0.39 is 10.0 Å². The minimum Gasteiger partial charge on any atom is -0.389 e. The van der Waals surface area contributed by atoms with Crippen molar-refractivity contribution >= 4 is 32.9 Å². The van der Waals surface area contributed by atoms with Crippen LogP contribution in [0.25, 0.3) is 0 Å². The van der Waals surface area contributed by atoms with E-state index in [9.17, 15) is 8.42 Å². The van der Waals surface area contributed by atoms with Crippen molar-refractivity contribution in [3.8, 4) is 0 Å². The van der Waals surface area contributed by atoms with Crippen molar-refractivity contribution in [1.29, 1.82) is 0 Å². The number of thiocarbonyl (C=S) groups is 1. The quantitative estimate of drug-likeness (QED) is 0.831. The van der Waals surface area contributed by atoms with Gasteiger partial charge < -0.3 is 5.73 Å². The molecule has 0 saturated heterocycles. The number of nitrogens with one attached hydrogen (secondary N) is 1. The smallest absolute Gasteiger partial charge is 0.262 e. The van der Waals surface area contributed by atoms with Gasteiger partial charge in [-0.3, -0.25) is 4.72 Å². The van der Waals surface area contributed by atoms with Crippen molar-refractivity contribution in [2.45, 2.75) is 18.2 Å². The van der Waals surface area contributed by atoms with Gasteiger partial charge in [-0.25, -0.2) is 8.42 Å². The van der Waals surface area contributed by atoms with Gasteiger partial charge in [-0.1, -0.05) is 49.5 Å². The van der Waals surface area contributed by atoms with Gasteiger partial charge in [0.25, 0.3) is 10.0 Å². The van der Waals surface area contributed by atoms with Crippen molar-refractivity contribution in [3.63, 3.8) is 0 Å². The Morgan fingerprint density at radius 1 is 1.14 bits per heavy atom.